The lowest BCUT2D eigenvalue weighted by Crippen LogP contribution is -2.06. The Morgan fingerprint density at radius 1 is 1.15 bits per heavy atom. The van der Waals surface area contributed by atoms with Gasteiger partial charge >= 0.3 is 0 Å². The Labute approximate surface area is 73.4 Å². The molecule has 0 aromatic carbocycles. The molecule has 66 valence electrons. The molecule has 2 heterocycles. The van der Waals surface area contributed by atoms with Crippen molar-refractivity contribution in [2.24, 2.45) is 0 Å². The van der Waals surface area contributed by atoms with E-state index in [1.54, 1.807) is 18.5 Å². The summed E-state index contributed by atoms with van der Waals surface area (Å²) in [6.45, 7) is 0. The summed E-state index contributed by atoms with van der Waals surface area (Å²) in [6.07, 6.45) is 3.17. The smallest absolute Gasteiger partial charge is 0.253 e. The van der Waals surface area contributed by atoms with E-state index in [-0.39, 0.29) is 11.9 Å². The zero-order chi connectivity index (χ0) is 9.26. The average molecular weight is 177 g/mol. The molecule has 2 rings (SSSR count). The van der Waals surface area contributed by atoms with Gasteiger partial charge in [0.15, 0.2) is 0 Å². The molecule has 0 unspecified atom stereocenters. The van der Waals surface area contributed by atoms with E-state index < -0.39 is 0 Å². The van der Waals surface area contributed by atoms with Crippen molar-refractivity contribution in [3.8, 4) is 5.95 Å². The van der Waals surface area contributed by atoms with Crippen molar-refractivity contribution in [1.29, 1.82) is 0 Å². The van der Waals surface area contributed by atoms with Crippen molar-refractivity contribution in [3.05, 3.63) is 18.5 Å². The van der Waals surface area contributed by atoms with E-state index in [1.807, 2.05) is 0 Å². The van der Waals surface area contributed by atoms with E-state index in [9.17, 15) is 0 Å². The molecule has 0 radical (unpaired) electrons. The maximum absolute atomic E-state index is 5.50. The zero-order valence-corrected chi connectivity index (χ0v) is 6.62. The molecule has 7 heteroatoms. The molecule has 7 nitrogen and oxygen atoms in total. The van der Waals surface area contributed by atoms with Crippen LogP contribution in [-0.4, -0.2) is 24.7 Å². The van der Waals surface area contributed by atoms with Crippen molar-refractivity contribution in [3.63, 3.8) is 0 Å². The first kappa shape index (κ1) is 7.47. The molecule has 0 saturated carbocycles. The third-order valence-electron chi connectivity index (χ3n) is 1.39. The Balaban J connectivity index is 2.53. The number of aromatic nitrogens is 5. The van der Waals surface area contributed by atoms with Gasteiger partial charge in [-0.3, -0.25) is 0 Å². The summed E-state index contributed by atoms with van der Waals surface area (Å²) < 4.78 is 1.27. The molecule has 0 aliphatic carbocycles. The van der Waals surface area contributed by atoms with Crippen molar-refractivity contribution < 1.29 is 0 Å². The topological polar surface area (TPSA) is 109 Å². The summed E-state index contributed by atoms with van der Waals surface area (Å²) in [5.41, 5.74) is 10.8. The van der Waals surface area contributed by atoms with Crippen LogP contribution in [-0.2, 0) is 0 Å². The minimum Gasteiger partial charge on any atom is -0.368 e. The number of nitrogens with zero attached hydrogens (tertiary/aromatic N) is 5. The van der Waals surface area contributed by atoms with Crippen LogP contribution in [0.3, 0.4) is 0 Å². The Bertz CT molecular complexity index is 406. The summed E-state index contributed by atoms with van der Waals surface area (Å²) in [5.74, 6) is 0.623. The van der Waals surface area contributed by atoms with Crippen LogP contribution >= 0.6 is 0 Å². The van der Waals surface area contributed by atoms with Gasteiger partial charge in [-0.2, -0.15) is 9.67 Å². The molecule has 13 heavy (non-hydrogen) atoms. The Morgan fingerprint density at radius 3 is 2.38 bits per heavy atom. The van der Waals surface area contributed by atoms with Crippen LogP contribution in [0.15, 0.2) is 18.5 Å². The van der Waals surface area contributed by atoms with E-state index in [0.29, 0.717) is 5.95 Å². The van der Waals surface area contributed by atoms with Gasteiger partial charge in [0.25, 0.3) is 5.95 Å². The molecule has 2 aromatic heterocycles. The summed E-state index contributed by atoms with van der Waals surface area (Å²) >= 11 is 0. The average Bonchev–Trinajstić information content (AvgIpc) is 2.47. The first-order valence-corrected chi connectivity index (χ1v) is 3.53. The maximum Gasteiger partial charge on any atom is 0.253 e. The van der Waals surface area contributed by atoms with Gasteiger partial charge in [-0.15, -0.1) is 5.10 Å². The number of rotatable bonds is 1. The predicted molar refractivity (Wildman–Crippen MR) is 45.8 cm³/mol. The molecule has 0 bridgehead atoms. The quantitative estimate of drug-likeness (QED) is 0.591. The second-order valence-electron chi connectivity index (χ2n) is 2.29. The Hall–Kier alpha value is -2.18. The molecule has 0 spiro atoms. The number of hydrogen-bond acceptors (Lipinski definition) is 6. The molecule has 0 aliphatic heterocycles. The Kier molecular flexibility index (Phi) is 1.55. The lowest BCUT2D eigenvalue weighted by Gasteiger charge is -1.97. The molecular weight excluding hydrogens is 170 g/mol. The van der Waals surface area contributed by atoms with E-state index in [1.165, 1.54) is 4.68 Å². The molecular formula is C6H7N7. The van der Waals surface area contributed by atoms with E-state index in [2.05, 4.69) is 20.1 Å². The van der Waals surface area contributed by atoms with E-state index in [0.717, 1.165) is 0 Å². The molecule has 0 saturated heterocycles. The van der Waals surface area contributed by atoms with Crippen LogP contribution in [0.25, 0.3) is 5.95 Å². The first-order valence-electron chi connectivity index (χ1n) is 3.53. The monoisotopic (exact) mass is 177 g/mol. The van der Waals surface area contributed by atoms with Crippen LogP contribution in [0.4, 0.5) is 11.9 Å². The van der Waals surface area contributed by atoms with E-state index in [4.69, 9.17) is 11.5 Å². The lowest BCUT2D eigenvalue weighted by molar-refractivity contribution is 0.820. The number of nitrogen functional groups attached to an aromatic ring is 2. The highest BCUT2D eigenvalue weighted by molar-refractivity contribution is 5.32. The van der Waals surface area contributed by atoms with Crippen molar-refractivity contribution in [2.75, 3.05) is 11.5 Å². The normalized spacial score (nSPS) is 10.2. The van der Waals surface area contributed by atoms with E-state index >= 15 is 0 Å². The second kappa shape index (κ2) is 2.70. The lowest BCUT2D eigenvalue weighted by atomic mass is 10.7. The third-order valence-corrected chi connectivity index (χ3v) is 1.39. The van der Waals surface area contributed by atoms with Gasteiger partial charge in [0.05, 0.1) is 0 Å². The fourth-order valence-corrected chi connectivity index (χ4v) is 0.889. The molecule has 0 atom stereocenters. The highest BCUT2D eigenvalue weighted by Crippen LogP contribution is 2.05. The zero-order valence-electron chi connectivity index (χ0n) is 6.62. The highest BCUT2D eigenvalue weighted by Gasteiger charge is 2.07. The van der Waals surface area contributed by atoms with Crippen molar-refractivity contribution in [1.82, 2.24) is 24.7 Å². The minimum absolute atomic E-state index is 0.102. The van der Waals surface area contributed by atoms with Gasteiger partial charge in [-0.05, 0) is 6.07 Å². The first-order chi connectivity index (χ1) is 6.27. The van der Waals surface area contributed by atoms with Gasteiger partial charge in [0, 0.05) is 12.4 Å². The Morgan fingerprint density at radius 2 is 1.85 bits per heavy atom. The molecule has 2 aromatic rings. The van der Waals surface area contributed by atoms with Gasteiger partial charge < -0.3 is 11.5 Å². The fraction of sp³-hybridized carbons (Fsp3) is 0. The van der Waals surface area contributed by atoms with Crippen LogP contribution in [0.1, 0.15) is 0 Å². The summed E-state index contributed by atoms with van der Waals surface area (Å²) in [4.78, 5) is 11.6. The van der Waals surface area contributed by atoms with Gasteiger partial charge in [-0.25, -0.2) is 9.97 Å². The number of nitrogens with two attached hydrogens (primary N) is 2. The number of anilines is 2. The van der Waals surface area contributed by atoms with Crippen molar-refractivity contribution >= 4 is 11.9 Å². The molecule has 0 amide bonds. The van der Waals surface area contributed by atoms with Crippen molar-refractivity contribution in [2.45, 2.75) is 0 Å². The predicted octanol–water partition coefficient (Wildman–Crippen LogP) is -0.778. The van der Waals surface area contributed by atoms with Gasteiger partial charge in [-0.1, -0.05) is 0 Å². The summed E-state index contributed by atoms with van der Waals surface area (Å²) in [7, 11) is 0. The van der Waals surface area contributed by atoms with Crippen LogP contribution in [0.5, 0.6) is 0 Å². The third kappa shape index (κ3) is 1.26. The highest BCUT2D eigenvalue weighted by atomic mass is 15.4. The molecule has 0 aliphatic rings. The van der Waals surface area contributed by atoms with Gasteiger partial charge in [0.1, 0.15) is 0 Å². The SMILES string of the molecule is Nc1nc(N)n(-c2ncccn2)n1. The largest absolute Gasteiger partial charge is 0.368 e. The summed E-state index contributed by atoms with van der Waals surface area (Å²) in [6, 6.07) is 1.69. The molecule has 4 N–H and O–H groups in total. The number of hydrogen-bond donors (Lipinski definition) is 2. The minimum atomic E-state index is 0.102. The van der Waals surface area contributed by atoms with Crippen LogP contribution < -0.4 is 11.5 Å². The second-order valence-corrected chi connectivity index (χ2v) is 2.29. The maximum atomic E-state index is 5.50. The standard InChI is InChI=1S/C6H7N7/c7-4-11-5(8)13(12-4)6-9-2-1-3-10-6/h1-3H,(H4,7,8,11,12). The van der Waals surface area contributed by atoms with Crippen LogP contribution in [0, 0.1) is 0 Å². The molecule has 0 fully saturated rings. The summed E-state index contributed by atoms with van der Waals surface area (Å²) in [5, 5.41) is 3.81. The van der Waals surface area contributed by atoms with Gasteiger partial charge in [0.2, 0.25) is 11.9 Å². The van der Waals surface area contributed by atoms with Crippen LogP contribution in [0.2, 0.25) is 0 Å². The fourth-order valence-electron chi connectivity index (χ4n) is 0.889.